The standard InChI is InChI=1S/C38H63NO9/c1-9-28(33(43)25(6)32(42)26(7)34-21(2)13-14-27(45-34)20-31(40)41)35-22(3)19-23(4)37(46-35)16-15-29(39)38(48-37)18-17-36(8,47-38)30-12-10-11-24(5)44-30/h15-16,21-30,32,34-35,42H,9-14,17-20,39H2,1-8H3,(H,40,41)/t21-,22-,23+,24-,25-,26-,27+,28?,29+,30+,32+,34+,35-,36-,37-,38-/m0/s1. The van der Waals surface area contributed by atoms with Gasteiger partial charge >= 0.3 is 5.97 Å². The molecule has 0 amide bonds. The lowest BCUT2D eigenvalue weighted by molar-refractivity contribution is -0.395. The van der Waals surface area contributed by atoms with Crippen LogP contribution in [0.4, 0.5) is 0 Å². The first-order valence-electron chi connectivity index (χ1n) is 18.8. The number of hydrogen-bond donors (Lipinski definition) is 3. The first kappa shape index (κ1) is 37.8. The molecule has 0 bridgehead atoms. The van der Waals surface area contributed by atoms with E-state index >= 15 is 0 Å². The van der Waals surface area contributed by atoms with Crippen molar-refractivity contribution in [1.82, 2.24) is 0 Å². The fraction of sp³-hybridized carbons (Fsp3) is 0.895. The van der Waals surface area contributed by atoms with E-state index in [2.05, 4.69) is 34.6 Å². The molecule has 10 nitrogen and oxygen atoms in total. The zero-order valence-corrected chi connectivity index (χ0v) is 30.6. The maximum absolute atomic E-state index is 14.3. The highest BCUT2D eigenvalue weighted by Crippen LogP contribution is 2.53. The third-order valence-corrected chi connectivity index (χ3v) is 12.7. The summed E-state index contributed by atoms with van der Waals surface area (Å²) in [5.41, 5.74) is 6.21. The molecule has 0 aromatic heterocycles. The van der Waals surface area contributed by atoms with Gasteiger partial charge in [0.1, 0.15) is 5.78 Å². The molecule has 16 atom stereocenters. The molecule has 0 saturated carbocycles. The van der Waals surface area contributed by atoms with Crippen molar-refractivity contribution in [2.45, 2.75) is 179 Å². The van der Waals surface area contributed by atoms with Crippen molar-refractivity contribution in [1.29, 1.82) is 0 Å². The number of ketones is 1. The van der Waals surface area contributed by atoms with Gasteiger partial charge in [-0.1, -0.05) is 47.6 Å². The lowest BCUT2D eigenvalue weighted by Crippen LogP contribution is -2.64. The number of nitrogens with two attached hydrogens (primary N) is 1. The van der Waals surface area contributed by atoms with E-state index in [1.54, 1.807) is 6.92 Å². The first-order chi connectivity index (χ1) is 22.5. The zero-order valence-electron chi connectivity index (χ0n) is 30.6. The van der Waals surface area contributed by atoms with Crippen LogP contribution in [0.1, 0.15) is 120 Å². The van der Waals surface area contributed by atoms with E-state index in [9.17, 15) is 19.8 Å². The number of hydrogen-bond acceptors (Lipinski definition) is 9. The summed E-state index contributed by atoms with van der Waals surface area (Å²) in [5, 5.41) is 20.9. The van der Waals surface area contributed by atoms with Gasteiger partial charge in [0.05, 0.1) is 54.7 Å². The average molecular weight is 678 g/mol. The van der Waals surface area contributed by atoms with Crippen LogP contribution in [0, 0.1) is 35.5 Å². The Balaban J connectivity index is 1.31. The Kier molecular flexibility index (Phi) is 11.6. The van der Waals surface area contributed by atoms with Crippen LogP contribution in [0.5, 0.6) is 0 Å². The molecule has 0 aromatic carbocycles. The van der Waals surface area contributed by atoms with Gasteiger partial charge in [0.2, 0.25) is 0 Å². The molecular weight excluding hydrogens is 614 g/mol. The van der Waals surface area contributed by atoms with E-state index < -0.39 is 53.2 Å². The minimum atomic E-state index is -1.10. The van der Waals surface area contributed by atoms with Gasteiger partial charge in [-0.15, -0.1) is 0 Å². The second-order valence-electron chi connectivity index (χ2n) is 16.4. The smallest absolute Gasteiger partial charge is 0.305 e. The monoisotopic (exact) mass is 677 g/mol. The van der Waals surface area contributed by atoms with Gasteiger partial charge in [-0.25, -0.2) is 0 Å². The van der Waals surface area contributed by atoms with Crippen molar-refractivity contribution < 1.29 is 43.5 Å². The third kappa shape index (κ3) is 7.32. The van der Waals surface area contributed by atoms with E-state index in [4.69, 9.17) is 29.4 Å². The molecule has 0 aromatic rings. The van der Waals surface area contributed by atoms with Gasteiger partial charge in [-0.2, -0.15) is 0 Å². The Labute approximate surface area is 287 Å². The fourth-order valence-electron chi connectivity index (χ4n) is 9.55. The molecule has 4 N–H and O–H groups in total. The van der Waals surface area contributed by atoms with Gasteiger partial charge in [0.15, 0.2) is 11.6 Å². The summed E-state index contributed by atoms with van der Waals surface area (Å²) in [7, 11) is 0. The Hall–Kier alpha value is -1.40. The molecule has 5 aliphatic heterocycles. The summed E-state index contributed by atoms with van der Waals surface area (Å²) in [6.45, 7) is 16.3. The van der Waals surface area contributed by atoms with Crippen LogP contribution in [0.2, 0.25) is 0 Å². The van der Waals surface area contributed by atoms with Gasteiger partial charge in [0.25, 0.3) is 0 Å². The number of Topliss-reactive ketones (excluding diaryl/α,β-unsaturated/α-hetero) is 1. The summed E-state index contributed by atoms with van der Waals surface area (Å²) in [5.74, 6) is -4.35. The molecule has 2 spiro atoms. The molecule has 0 radical (unpaired) electrons. The molecule has 4 fully saturated rings. The maximum Gasteiger partial charge on any atom is 0.305 e. The predicted molar refractivity (Wildman–Crippen MR) is 181 cm³/mol. The van der Waals surface area contributed by atoms with Crippen molar-refractivity contribution in [2.24, 2.45) is 41.2 Å². The van der Waals surface area contributed by atoms with E-state index in [1.807, 2.05) is 26.0 Å². The van der Waals surface area contributed by atoms with Gasteiger partial charge in [-0.05, 0) is 83.1 Å². The molecule has 5 heterocycles. The number of aliphatic hydroxyl groups is 1. The van der Waals surface area contributed by atoms with Crippen molar-refractivity contribution in [3.05, 3.63) is 12.2 Å². The Bertz CT molecular complexity index is 1180. The van der Waals surface area contributed by atoms with Gasteiger partial charge in [-0.3, -0.25) is 9.59 Å². The molecule has 4 saturated heterocycles. The largest absolute Gasteiger partial charge is 0.481 e. The Morgan fingerprint density at radius 1 is 0.979 bits per heavy atom. The Morgan fingerprint density at radius 2 is 1.71 bits per heavy atom. The topological polar surface area (TPSA) is 147 Å². The highest BCUT2D eigenvalue weighted by atomic mass is 16.8. The number of carbonyl (C=O) groups excluding carboxylic acids is 1. The third-order valence-electron chi connectivity index (χ3n) is 12.7. The number of aliphatic carboxylic acids is 1. The summed E-state index contributed by atoms with van der Waals surface area (Å²) in [6, 6.07) is -0.473. The second kappa shape index (κ2) is 14.7. The average Bonchev–Trinajstić information content (AvgIpc) is 3.39. The molecule has 5 aliphatic rings. The van der Waals surface area contributed by atoms with Crippen LogP contribution in [0.25, 0.3) is 0 Å². The number of rotatable bonds is 10. The zero-order chi connectivity index (χ0) is 35.2. The molecule has 274 valence electrons. The quantitative estimate of drug-likeness (QED) is 0.244. The van der Waals surface area contributed by atoms with Crippen molar-refractivity contribution in [3.8, 4) is 0 Å². The highest BCUT2D eigenvalue weighted by Gasteiger charge is 2.62. The van der Waals surface area contributed by atoms with Crippen LogP contribution in [-0.2, 0) is 33.3 Å². The predicted octanol–water partition coefficient (Wildman–Crippen LogP) is 5.77. The van der Waals surface area contributed by atoms with Crippen LogP contribution < -0.4 is 5.73 Å². The van der Waals surface area contributed by atoms with Gasteiger partial charge < -0.3 is 39.6 Å². The van der Waals surface area contributed by atoms with E-state index in [0.29, 0.717) is 19.3 Å². The van der Waals surface area contributed by atoms with Crippen LogP contribution >= 0.6 is 0 Å². The molecule has 1 unspecified atom stereocenters. The molecule has 0 aliphatic carbocycles. The molecule has 48 heavy (non-hydrogen) atoms. The Morgan fingerprint density at radius 3 is 2.38 bits per heavy atom. The van der Waals surface area contributed by atoms with E-state index in [-0.39, 0.29) is 60.3 Å². The first-order valence-corrected chi connectivity index (χ1v) is 18.8. The molecule has 5 rings (SSSR count). The fourth-order valence-corrected chi connectivity index (χ4v) is 9.55. The van der Waals surface area contributed by atoms with Crippen molar-refractivity contribution in [3.63, 3.8) is 0 Å². The lowest BCUT2D eigenvalue weighted by atomic mass is 9.72. The summed E-state index contributed by atoms with van der Waals surface area (Å²) >= 11 is 0. The number of carbonyl (C=O) groups is 2. The van der Waals surface area contributed by atoms with Crippen molar-refractivity contribution in [2.75, 3.05) is 0 Å². The van der Waals surface area contributed by atoms with Crippen LogP contribution in [0.3, 0.4) is 0 Å². The SMILES string of the molecule is CCC(C(=O)[C@@H](C)[C@@H](O)[C@H](C)[C@@H]1O[C@@H](CC(=O)O)CC[C@@H]1C)[C@H]1O[C@]2(C=C[C@@H](N)[C@]3(CC[C@@](C)([C@H]4CCC[C@H](C)O4)O3)O2)[C@H](C)C[C@@H]1C. The van der Waals surface area contributed by atoms with Crippen molar-refractivity contribution >= 4 is 11.8 Å². The number of ether oxygens (including phenoxy) is 5. The lowest BCUT2D eigenvalue weighted by Gasteiger charge is -2.54. The number of carboxylic acids is 1. The number of carboxylic acid groups (broad SMARTS) is 1. The number of aliphatic hydroxyl groups excluding tert-OH is 1. The maximum atomic E-state index is 14.3. The minimum absolute atomic E-state index is 0.00915. The summed E-state index contributed by atoms with van der Waals surface area (Å²) < 4.78 is 33.5. The summed E-state index contributed by atoms with van der Waals surface area (Å²) in [6.07, 6.45) is 9.23. The van der Waals surface area contributed by atoms with E-state index in [0.717, 1.165) is 38.5 Å². The van der Waals surface area contributed by atoms with E-state index in [1.165, 1.54) is 0 Å². The van der Waals surface area contributed by atoms with Crippen LogP contribution in [0.15, 0.2) is 12.2 Å². The molecule has 10 heteroatoms. The highest BCUT2D eigenvalue weighted by molar-refractivity contribution is 5.84. The summed E-state index contributed by atoms with van der Waals surface area (Å²) in [4.78, 5) is 25.7. The molecular formula is C38H63NO9. The van der Waals surface area contributed by atoms with Crippen LogP contribution in [-0.4, -0.2) is 81.8 Å². The minimum Gasteiger partial charge on any atom is -0.481 e. The second-order valence-corrected chi connectivity index (χ2v) is 16.4. The normalized spacial score (nSPS) is 45.9. The van der Waals surface area contributed by atoms with Gasteiger partial charge in [0, 0.05) is 30.1 Å².